The first-order valence-corrected chi connectivity index (χ1v) is 7.88. The molecule has 0 saturated heterocycles. The van der Waals surface area contributed by atoms with Crippen LogP contribution in [0.5, 0.6) is 0 Å². The maximum absolute atomic E-state index is 9.21. The number of aryl methyl sites for hydroxylation is 1. The minimum absolute atomic E-state index is 0.694. The monoisotopic (exact) mass is 300 g/mol. The van der Waals surface area contributed by atoms with Crippen LogP contribution in [-0.2, 0) is 6.42 Å². The molecule has 20 heavy (non-hydrogen) atoms. The van der Waals surface area contributed by atoms with Gasteiger partial charge in [-0.3, -0.25) is 0 Å². The Balaban J connectivity index is 2.00. The van der Waals surface area contributed by atoms with Crippen molar-refractivity contribution in [3.63, 3.8) is 0 Å². The summed E-state index contributed by atoms with van der Waals surface area (Å²) in [4.78, 5) is 7.42. The molecule has 4 nitrogen and oxygen atoms in total. The second kappa shape index (κ2) is 5.57. The van der Waals surface area contributed by atoms with Crippen molar-refractivity contribution in [2.24, 2.45) is 0 Å². The second-order valence-corrected chi connectivity index (χ2v) is 6.14. The summed E-state index contributed by atoms with van der Waals surface area (Å²) in [5.41, 5.74) is 3.83. The molecule has 3 rings (SSSR count). The van der Waals surface area contributed by atoms with E-state index in [9.17, 15) is 5.26 Å². The lowest BCUT2D eigenvalue weighted by Gasteiger charge is -2.08. The van der Waals surface area contributed by atoms with Crippen LogP contribution < -0.4 is 4.72 Å². The summed E-state index contributed by atoms with van der Waals surface area (Å²) in [7, 11) is 0. The highest BCUT2D eigenvalue weighted by atomic mass is 32.2. The van der Waals surface area contributed by atoms with Gasteiger partial charge in [0.15, 0.2) is 4.34 Å². The molecule has 2 N–H and O–H groups in total. The third-order valence-corrected chi connectivity index (χ3v) is 4.79. The Hall–Kier alpha value is -1.97. The van der Waals surface area contributed by atoms with Crippen molar-refractivity contribution in [1.82, 2.24) is 9.97 Å². The maximum Gasteiger partial charge on any atom is 0.170 e. The molecular weight excluding hydrogens is 288 g/mol. The number of thiazole rings is 1. The van der Waals surface area contributed by atoms with Gasteiger partial charge < -0.3 is 9.71 Å². The summed E-state index contributed by atoms with van der Waals surface area (Å²) in [6.45, 7) is 2.10. The van der Waals surface area contributed by atoms with E-state index in [1.165, 1.54) is 17.5 Å². The number of aromatic nitrogens is 2. The van der Waals surface area contributed by atoms with Crippen molar-refractivity contribution in [2.45, 2.75) is 17.7 Å². The van der Waals surface area contributed by atoms with Crippen molar-refractivity contribution < 1.29 is 0 Å². The number of nitriles is 1. The Morgan fingerprint density at radius 3 is 3.10 bits per heavy atom. The first-order chi connectivity index (χ1) is 9.83. The quantitative estimate of drug-likeness (QED) is 0.709. The number of hydrogen-bond acceptors (Lipinski definition) is 5. The molecule has 0 aliphatic rings. The molecule has 0 radical (unpaired) electrons. The molecule has 2 heterocycles. The number of nitrogens with one attached hydrogen (secondary N) is 2. The van der Waals surface area contributed by atoms with E-state index in [1.807, 2.05) is 11.4 Å². The van der Waals surface area contributed by atoms with Gasteiger partial charge in [-0.25, -0.2) is 4.98 Å². The Labute approximate surface area is 125 Å². The topological polar surface area (TPSA) is 64.5 Å². The van der Waals surface area contributed by atoms with E-state index in [0.29, 0.717) is 5.56 Å². The number of aromatic amines is 1. The molecule has 0 bridgehead atoms. The third-order valence-electron chi connectivity index (χ3n) is 3.08. The second-order valence-electron chi connectivity index (χ2n) is 4.19. The minimum Gasteiger partial charge on any atom is -0.358 e. The summed E-state index contributed by atoms with van der Waals surface area (Å²) in [5.74, 6) is 0. The Morgan fingerprint density at radius 2 is 2.40 bits per heavy atom. The van der Waals surface area contributed by atoms with Gasteiger partial charge in [-0.05, 0) is 18.1 Å². The van der Waals surface area contributed by atoms with Crippen LogP contribution in [0, 0.1) is 11.3 Å². The fourth-order valence-electron chi connectivity index (χ4n) is 2.15. The standard InChI is InChI=1S/C14H12N4S2/c1-2-9-3-4-11(18-20-14-16-5-6-19-14)13-12(9)10(7-15)8-17-13/h3-6,8,17-18H,2H2,1H3. The predicted molar refractivity (Wildman–Crippen MR) is 84.0 cm³/mol. The van der Waals surface area contributed by atoms with E-state index >= 15 is 0 Å². The van der Waals surface area contributed by atoms with Gasteiger partial charge in [0.05, 0.1) is 16.8 Å². The highest BCUT2D eigenvalue weighted by Crippen LogP contribution is 2.32. The van der Waals surface area contributed by atoms with Gasteiger partial charge in [-0.2, -0.15) is 5.26 Å². The van der Waals surface area contributed by atoms with Crippen LogP contribution in [0.25, 0.3) is 10.9 Å². The number of nitrogens with zero attached hydrogens (tertiary/aromatic N) is 2. The zero-order chi connectivity index (χ0) is 13.9. The summed E-state index contributed by atoms with van der Waals surface area (Å²) >= 11 is 3.07. The zero-order valence-corrected chi connectivity index (χ0v) is 12.4. The van der Waals surface area contributed by atoms with Crippen LogP contribution in [-0.4, -0.2) is 9.97 Å². The van der Waals surface area contributed by atoms with Crippen molar-refractivity contribution in [1.29, 1.82) is 5.26 Å². The molecule has 0 saturated carbocycles. The molecule has 3 aromatic rings. The first kappa shape index (κ1) is 13.0. The fourth-order valence-corrected chi connectivity index (χ4v) is 3.47. The van der Waals surface area contributed by atoms with Gasteiger partial charge in [-0.15, -0.1) is 11.3 Å². The minimum atomic E-state index is 0.694. The average Bonchev–Trinajstić information content (AvgIpc) is 3.14. The molecule has 0 aliphatic carbocycles. The van der Waals surface area contributed by atoms with E-state index in [4.69, 9.17) is 0 Å². The highest BCUT2D eigenvalue weighted by molar-refractivity contribution is 8.02. The molecule has 0 spiro atoms. The van der Waals surface area contributed by atoms with Crippen molar-refractivity contribution in [2.75, 3.05) is 4.72 Å². The normalized spacial score (nSPS) is 10.6. The molecule has 0 aliphatic heterocycles. The van der Waals surface area contributed by atoms with E-state index in [2.05, 4.69) is 33.7 Å². The van der Waals surface area contributed by atoms with Crippen LogP contribution in [0.4, 0.5) is 5.69 Å². The van der Waals surface area contributed by atoms with Crippen molar-refractivity contribution >= 4 is 39.9 Å². The van der Waals surface area contributed by atoms with Crippen LogP contribution in [0.3, 0.4) is 0 Å². The Kier molecular flexibility index (Phi) is 3.63. The van der Waals surface area contributed by atoms with Crippen LogP contribution >= 0.6 is 23.3 Å². The van der Waals surface area contributed by atoms with Gasteiger partial charge in [0.25, 0.3) is 0 Å². The Bertz CT molecular complexity index is 768. The van der Waals surface area contributed by atoms with Crippen LogP contribution in [0.15, 0.2) is 34.2 Å². The van der Waals surface area contributed by atoms with Gasteiger partial charge in [0.2, 0.25) is 0 Å². The molecule has 2 aromatic heterocycles. The molecule has 6 heteroatoms. The van der Waals surface area contributed by atoms with E-state index in [-0.39, 0.29) is 0 Å². The number of anilines is 1. The maximum atomic E-state index is 9.21. The van der Waals surface area contributed by atoms with Crippen molar-refractivity contribution in [3.05, 3.63) is 41.0 Å². The molecule has 1 aromatic carbocycles. The van der Waals surface area contributed by atoms with Gasteiger partial charge in [-0.1, -0.05) is 13.0 Å². The Morgan fingerprint density at radius 1 is 1.50 bits per heavy atom. The summed E-state index contributed by atoms with van der Waals surface area (Å²) in [6.07, 6.45) is 4.46. The summed E-state index contributed by atoms with van der Waals surface area (Å²) < 4.78 is 4.27. The number of rotatable bonds is 4. The lowest BCUT2D eigenvalue weighted by Crippen LogP contribution is -1.91. The molecular formula is C14H12N4S2. The predicted octanol–water partition coefficient (Wildman–Crippen LogP) is 4.18. The lowest BCUT2D eigenvalue weighted by molar-refractivity contribution is 1.16. The molecule has 100 valence electrons. The molecule has 0 unspecified atom stereocenters. The SMILES string of the molecule is CCc1ccc(NSc2nccs2)c2[nH]cc(C#N)c12. The first-order valence-electron chi connectivity index (χ1n) is 6.19. The van der Waals surface area contributed by atoms with E-state index in [1.54, 1.807) is 23.7 Å². The molecule has 0 fully saturated rings. The number of fused-ring (bicyclic) bond motifs is 1. The summed E-state index contributed by atoms with van der Waals surface area (Å²) in [5, 5.41) is 12.2. The van der Waals surface area contributed by atoms with Crippen LogP contribution in [0.1, 0.15) is 18.1 Å². The van der Waals surface area contributed by atoms with E-state index in [0.717, 1.165) is 27.4 Å². The van der Waals surface area contributed by atoms with Crippen LogP contribution in [0.2, 0.25) is 0 Å². The number of hydrogen-bond donors (Lipinski definition) is 2. The third kappa shape index (κ3) is 2.26. The lowest BCUT2D eigenvalue weighted by atomic mass is 10.0. The van der Waals surface area contributed by atoms with E-state index < -0.39 is 0 Å². The molecule has 0 atom stereocenters. The van der Waals surface area contributed by atoms with Gasteiger partial charge >= 0.3 is 0 Å². The number of H-pyrrole nitrogens is 1. The smallest absolute Gasteiger partial charge is 0.170 e. The largest absolute Gasteiger partial charge is 0.358 e. The average molecular weight is 300 g/mol. The fraction of sp³-hybridized carbons (Fsp3) is 0.143. The summed E-state index contributed by atoms with van der Waals surface area (Å²) in [6, 6.07) is 6.36. The number of benzene rings is 1. The highest BCUT2D eigenvalue weighted by Gasteiger charge is 2.11. The zero-order valence-electron chi connectivity index (χ0n) is 10.8. The van der Waals surface area contributed by atoms with Gasteiger partial charge in [0.1, 0.15) is 6.07 Å². The van der Waals surface area contributed by atoms with Gasteiger partial charge in [0, 0.05) is 35.1 Å². The van der Waals surface area contributed by atoms with Crippen molar-refractivity contribution in [3.8, 4) is 6.07 Å². The molecule has 0 amide bonds.